The maximum atomic E-state index is 4.80. The molecular formula is C14H16N2S. The standard InChI is InChI=1S/C14H16N2S/c1-9-4-3-5-11(10(9)2)14-16-12-6-7-15-8-13(12)17-14/h3-5,15H,6-8H2,1-2H3. The lowest BCUT2D eigenvalue weighted by atomic mass is 10.0. The van der Waals surface area contributed by atoms with Gasteiger partial charge in [-0.3, -0.25) is 0 Å². The first-order chi connectivity index (χ1) is 8.25. The molecule has 88 valence electrons. The van der Waals surface area contributed by atoms with Crippen molar-refractivity contribution in [3.05, 3.63) is 39.9 Å². The highest BCUT2D eigenvalue weighted by Gasteiger charge is 2.16. The van der Waals surface area contributed by atoms with Crippen LogP contribution in [0.1, 0.15) is 21.7 Å². The summed E-state index contributed by atoms with van der Waals surface area (Å²) < 4.78 is 0. The van der Waals surface area contributed by atoms with Gasteiger partial charge in [-0.15, -0.1) is 11.3 Å². The van der Waals surface area contributed by atoms with E-state index in [-0.39, 0.29) is 0 Å². The van der Waals surface area contributed by atoms with Crippen molar-refractivity contribution >= 4 is 11.3 Å². The monoisotopic (exact) mass is 244 g/mol. The third-order valence-electron chi connectivity index (χ3n) is 3.44. The Hall–Kier alpha value is -1.19. The Kier molecular flexibility index (Phi) is 2.73. The van der Waals surface area contributed by atoms with Gasteiger partial charge in [-0.1, -0.05) is 18.2 Å². The summed E-state index contributed by atoms with van der Waals surface area (Å²) in [7, 11) is 0. The van der Waals surface area contributed by atoms with Crippen LogP contribution in [0.15, 0.2) is 18.2 Å². The molecule has 0 radical (unpaired) electrons. The smallest absolute Gasteiger partial charge is 0.124 e. The van der Waals surface area contributed by atoms with Crippen molar-refractivity contribution in [1.82, 2.24) is 10.3 Å². The Balaban J connectivity index is 2.09. The minimum atomic E-state index is 0.984. The normalized spacial score (nSPS) is 14.7. The van der Waals surface area contributed by atoms with Crippen LogP contribution >= 0.6 is 11.3 Å². The number of nitrogens with zero attached hydrogens (tertiary/aromatic N) is 1. The first-order valence-electron chi connectivity index (χ1n) is 6.01. The van der Waals surface area contributed by atoms with E-state index >= 15 is 0 Å². The molecule has 2 heterocycles. The Morgan fingerprint density at radius 2 is 2.18 bits per heavy atom. The number of hydrogen-bond acceptors (Lipinski definition) is 3. The van der Waals surface area contributed by atoms with Gasteiger partial charge in [0.15, 0.2) is 0 Å². The molecule has 0 atom stereocenters. The van der Waals surface area contributed by atoms with Gasteiger partial charge in [0.1, 0.15) is 5.01 Å². The van der Waals surface area contributed by atoms with E-state index in [0.717, 1.165) is 19.5 Å². The number of benzene rings is 1. The zero-order valence-electron chi connectivity index (χ0n) is 10.2. The summed E-state index contributed by atoms with van der Waals surface area (Å²) in [5.74, 6) is 0. The number of aromatic nitrogens is 1. The summed E-state index contributed by atoms with van der Waals surface area (Å²) in [5, 5.41) is 4.58. The zero-order chi connectivity index (χ0) is 11.8. The number of rotatable bonds is 1. The topological polar surface area (TPSA) is 24.9 Å². The lowest BCUT2D eigenvalue weighted by Crippen LogP contribution is -2.22. The van der Waals surface area contributed by atoms with Gasteiger partial charge in [0.2, 0.25) is 0 Å². The summed E-state index contributed by atoms with van der Waals surface area (Å²) in [5.41, 5.74) is 5.29. The van der Waals surface area contributed by atoms with Crippen molar-refractivity contribution in [2.24, 2.45) is 0 Å². The van der Waals surface area contributed by atoms with Crippen LogP contribution in [0, 0.1) is 13.8 Å². The van der Waals surface area contributed by atoms with E-state index in [9.17, 15) is 0 Å². The highest BCUT2D eigenvalue weighted by atomic mass is 32.1. The minimum absolute atomic E-state index is 0.984. The van der Waals surface area contributed by atoms with Gasteiger partial charge in [0.05, 0.1) is 5.69 Å². The molecule has 2 nitrogen and oxygen atoms in total. The van der Waals surface area contributed by atoms with Gasteiger partial charge >= 0.3 is 0 Å². The molecule has 0 spiro atoms. The second kappa shape index (κ2) is 4.24. The summed E-state index contributed by atoms with van der Waals surface area (Å²) in [4.78, 5) is 6.21. The maximum absolute atomic E-state index is 4.80. The molecule has 1 aromatic heterocycles. The molecule has 1 N–H and O–H groups in total. The van der Waals surface area contributed by atoms with Crippen molar-refractivity contribution in [2.45, 2.75) is 26.8 Å². The third-order valence-corrected chi connectivity index (χ3v) is 4.57. The van der Waals surface area contributed by atoms with Crippen molar-refractivity contribution in [2.75, 3.05) is 6.54 Å². The van der Waals surface area contributed by atoms with Gasteiger partial charge in [0, 0.05) is 30.0 Å². The van der Waals surface area contributed by atoms with Gasteiger partial charge in [-0.2, -0.15) is 0 Å². The van der Waals surface area contributed by atoms with E-state index in [1.165, 1.54) is 32.3 Å². The second-order valence-corrected chi connectivity index (χ2v) is 5.65. The van der Waals surface area contributed by atoms with E-state index in [1.807, 2.05) is 11.3 Å². The van der Waals surface area contributed by atoms with E-state index in [1.54, 1.807) is 0 Å². The predicted octanol–water partition coefficient (Wildman–Crippen LogP) is 3.07. The molecule has 0 unspecified atom stereocenters. The molecule has 1 aromatic carbocycles. The van der Waals surface area contributed by atoms with Crippen LogP contribution in [0.25, 0.3) is 10.6 Å². The molecule has 17 heavy (non-hydrogen) atoms. The SMILES string of the molecule is Cc1cccc(-c2nc3c(s2)CNCC3)c1C. The van der Waals surface area contributed by atoms with Gasteiger partial charge in [0.25, 0.3) is 0 Å². The summed E-state index contributed by atoms with van der Waals surface area (Å²) in [6.07, 6.45) is 1.07. The molecule has 1 aliphatic heterocycles. The van der Waals surface area contributed by atoms with E-state index in [4.69, 9.17) is 4.98 Å². The number of fused-ring (bicyclic) bond motifs is 1. The Morgan fingerprint density at radius 1 is 1.29 bits per heavy atom. The fourth-order valence-electron chi connectivity index (χ4n) is 2.22. The Morgan fingerprint density at radius 3 is 3.00 bits per heavy atom. The van der Waals surface area contributed by atoms with Crippen LogP contribution in [0.3, 0.4) is 0 Å². The molecule has 0 fully saturated rings. The van der Waals surface area contributed by atoms with Crippen LogP contribution in [-0.4, -0.2) is 11.5 Å². The van der Waals surface area contributed by atoms with E-state index in [2.05, 4.69) is 37.4 Å². The minimum Gasteiger partial charge on any atom is -0.311 e. The molecule has 0 amide bonds. The quantitative estimate of drug-likeness (QED) is 0.834. The zero-order valence-corrected chi connectivity index (χ0v) is 11.0. The molecule has 0 aliphatic carbocycles. The highest BCUT2D eigenvalue weighted by molar-refractivity contribution is 7.15. The predicted molar refractivity (Wildman–Crippen MR) is 72.4 cm³/mol. The van der Waals surface area contributed by atoms with E-state index < -0.39 is 0 Å². The molecule has 0 saturated heterocycles. The van der Waals surface area contributed by atoms with Gasteiger partial charge < -0.3 is 5.32 Å². The molecule has 3 heteroatoms. The average molecular weight is 244 g/mol. The second-order valence-electron chi connectivity index (χ2n) is 4.56. The third kappa shape index (κ3) is 1.90. The lowest BCUT2D eigenvalue weighted by Gasteiger charge is -2.09. The molecule has 2 aromatic rings. The van der Waals surface area contributed by atoms with Crippen molar-refractivity contribution in [3.63, 3.8) is 0 Å². The fourth-order valence-corrected chi connectivity index (χ4v) is 3.38. The van der Waals surface area contributed by atoms with Crippen molar-refractivity contribution < 1.29 is 0 Å². The van der Waals surface area contributed by atoms with Crippen molar-refractivity contribution in [3.8, 4) is 10.6 Å². The summed E-state index contributed by atoms with van der Waals surface area (Å²) >= 11 is 1.84. The first kappa shape index (κ1) is 10.9. The Labute approximate surface area is 106 Å². The lowest BCUT2D eigenvalue weighted by molar-refractivity contribution is 0.644. The maximum Gasteiger partial charge on any atom is 0.124 e. The molecule has 0 saturated carbocycles. The first-order valence-corrected chi connectivity index (χ1v) is 6.83. The average Bonchev–Trinajstić information content (AvgIpc) is 2.76. The van der Waals surface area contributed by atoms with Crippen LogP contribution in [0.5, 0.6) is 0 Å². The van der Waals surface area contributed by atoms with Gasteiger partial charge in [-0.05, 0) is 25.0 Å². The molecule has 0 bridgehead atoms. The summed E-state index contributed by atoms with van der Waals surface area (Å²) in [6.45, 7) is 6.39. The van der Waals surface area contributed by atoms with Crippen LogP contribution in [0.2, 0.25) is 0 Å². The number of hydrogen-bond donors (Lipinski definition) is 1. The molecular weight excluding hydrogens is 228 g/mol. The van der Waals surface area contributed by atoms with Crippen LogP contribution in [0.4, 0.5) is 0 Å². The van der Waals surface area contributed by atoms with Crippen LogP contribution in [-0.2, 0) is 13.0 Å². The fraction of sp³-hybridized carbons (Fsp3) is 0.357. The highest BCUT2D eigenvalue weighted by Crippen LogP contribution is 2.32. The molecule has 3 rings (SSSR count). The number of thiazole rings is 1. The van der Waals surface area contributed by atoms with Gasteiger partial charge in [-0.25, -0.2) is 4.98 Å². The van der Waals surface area contributed by atoms with Crippen LogP contribution < -0.4 is 5.32 Å². The van der Waals surface area contributed by atoms with E-state index in [0.29, 0.717) is 0 Å². The Bertz CT molecular complexity index is 534. The largest absolute Gasteiger partial charge is 0.311 e. The number of nitrogens with one attached hydrogen (secondary N) is 1. The summed E-state index contributed by atoms with van der Waals surface area (Å²) in [6, 6.07) is 6.46. The molecule has 1 aliphatic rings. The number of aryl methyl sites for hydroxylation is 1. The van der Waals surface area contributed by atoms with Crippen molar-refractivity contribution in [1.29, 1.82) is 0 Å².